The predicted octanol–water partition coefficient (Wildman–Crippen LogP) is 1.21. The first-order valence-corrected chi connectivity index (χ1v) is 4.00. The largest absolute Gasteiger partial charge is 0.462 e. The molecule has 4 nitrogen and oxygen atoms in total. The molecule has 0 aromatic carbocycles. The molecule has 1 heterocycles. The van der Waals surface area contributed by atoms with Crippen molar-refractivity contribution in [2.45, 2.75) is 13.3 Å². The van der Waals surface area contributed by atoms with Crippen molar-refractivity contribution in [1.29, 1.82) is 0 Å². The summed E-state index contributed by atoms with van der Waals surface area (Å²) >= 11 is 0. The monoisotopic (exact) mass is 182 g/mol. The fourth-order valence-corrected chi connectivity index (χ4v) is 0.752. The second kappa shape index (κ2) is 4.45. The van der Waals surface area contributed by atoms with Crippen molar-refractivity contribution in [3.63, 3.8) is 0 Å². The van der Waals surface area contributed by atoms with Gasteiger partial charge in [-0.05, 0) is 12.5 Å². The molecule has 0 aliphatic carbocycles. The number of hydrogen-bond donors (Lipinski definition) is 0. The molecule has 13 heavy (non-hydrogen) atoms. The molecule has 0 saturated carbocycles. The van der Waals surface area contributed by atoms with Gasteiger partial charge in [0.15, 0.2) is 0 Å². The Labute approximate surface area is 75.1 Å². The number of rotatable bonds is 3. The smallest absolute Gasteiger partial charge is 0.341 e. The zero-order chi connectivity index (χ0) is 9.68. The minimum Gasteiger partial charge on any atom is -0.462 e. The molecule has 0 radical (unpaired) electrons. The number of esters is 1. The van der Waals surface area contributed by atoms with E-state index in [1.54, 1.807) is 0 Å². The third kappa shape index (κ3) is 2.74. The van der Waals surface area contributed by atoms with Crippen molar-refractivity contribution in [1.82, 2.24) is 0 Å². The molecule has 0 aliphatic heterocycles. The summed E-state index contributed by atoms with van der Waals surface area (Å²) in [5, 5.41) is 0. The Hall–Kier alpha value is -1.58. The Morgan fingerprint density at radius 1 is 1.54 bits per heavy atom. The zero-order valence-corrected chi connectivity index (χ0v) is 7.28. The molecular weight excluding hydrogens is 172 g/mol. The third-order valence-corrected chi connectivity index (χ3v) is 1.37. The summed E-state index contributed by atoms with van der Waals surface area (Å²) < 4.78 is 9.32. The zero-order valence-electron chi connectivity index (χ0n) is 7.28. The molecule has 0 unspecified atom stereocenters. The number of carbonyl (C=O) groups excluding carboxylic acids is 1. The minimum absolute atomic E-state index is 0.257. The number of ether oxygens (including phenoxy) is 1. The van der Waals surface area contributed by atoms with Crippen LogP contribution in [0, 0.1) is 0 Å². The Morgan fingerprint density at radius 3 is 2.85 bits per heavy atom. The lowest BCUT2D eigenvalue weighted by molar-refractivity contribution is 0.0502. The highest BCUT2D eigenvalue weighted by molar-refractivity contribution is 5.88. The van der Waals surface area contributed by atoms with E-state index in [2.05, 4.69) is 4.42 Å². The first kappa shape index (κ1) is 9.51. The van der Waals surface area contributed by atoms with Gasteiger partial charge in [0.2, 0.25) is 0 Å². The van der Waals surface area contributed by atoms with Gasteiger partial charge in [-0.1, -0.05) is 6.92 Å². The molecule has 70 valence electrons. The van der Waals surface area contributed by atoms with Gasteiger partial charge in [0.25, 0.3) is 0 Å². The molecule has 1 aromatic rings. The molecule has 0 N–H and O–H groups in total. The van der Waals surface area contributed by atoms with Gasteiger partial charge in [0, 0.05) is 6.07 Å². The SMILES string of the molecule is CCCOC(=O)c1ccc(=O)oc1. The quantitative estimate of drug-likeness (QED) is 0.659. The van der Waals surface area contributed by atoms with Gasteiger partial charge >= 0.3 is 11.6 Å². The van der Waals surface area contributed by atoms with Crippen LogP contribution in [0.3, 0.4) is 0 Å². The van der Waals surface area contributed by atoms with Crippen LogP contribution in [-0.2, 0) is 4.74 Å². The average Bonchev–Trinajstić information content (AvgIpc) is 2.15. The summed E-state index contributed by atoms with van der Waals surface area (Å²) in [7, 11) is 0. The van der Waals surface area contributed by atoms with Crippen LogP contribution in [0.2, 0.25) is 0 Å². The minimum atomic E-state index is -0.480. The fraction of sp³-hybridized carbons (Fsp3) is 0.333. The first-order chi connectivity index (χ1) is 6.24. The van der Waals surface area contributed by atoms with Gasteiger partial charge in [0.05, 0.1) is 12.2 Å². The van der Waals surface area contributed by atoms with Gasteiger partial charge in [-0.3, -0.25) is 0 Å². The van der Waals surface area contributed by atoms with Crippen LogP contribution in [0.4, 0.5) is 0 Å². The van der Waals surface area contributed by atoms with E-state index in [1.807, 2.05) is 6.92 Å². The van der Waals surface area contributed by atoms with Crippen molar-refractivity contribution in [2.75, 3.05) is 6.61 Å². The molecule has 0 fully saturated rings. The van der Waals surface area contributed by atoms with Crippen LogP contribution in [0.25, 0.3) is 0 Å². The van der Waals surface area contributed by atoms with Gasteiger partial charge < -0.3 is 9.15 Å². The van der Waals surface area contributed by atoms with E-state index in [-0.39, 0.29) is 5.56 Å². The van der Waals surface area contributed by atoms with Crippen LogP contribution in [0.1, 0.15) is 23.7 Å². The van der Waals surface area contributed by atoms with Crippen LogP contribution in [0.15, 0.2) is 27.6 Å². The molecule has 4 heteroatoms. The Morgan fingerprint density at radius 2 is 2.31 bits per heavy atom. The van der Waals surface area contributed by atoms with Crippen molar-refractivity contribution in [2.24, 2.45) is 0 Å². The topological polar surface area (TPSA) is 56.5 Å². The van der Waals surface area contributed by atoms with Crippen molar-refractivity contribution < 1.29 is 13.9 Å². The summed E-state index contributed by atoms with van der Waals surface area (Å²) in [5.74, 6) is -0.467. The predicted molar refractivity (Wildman–Crippen MR) is 45.6 cm³/mol. The summed E-state index contributed by atoms with van der Waals surface area (Å²) in [6, 6.07) is 2.56. The number of hydrogen-bond acceptors (Lipinski definition) is 4. The van der Waals surface area contributed by atoms with Gasteiger partial charge in [-0.2, -0.15) is 0 Å². The highest BCUT2D eigenvalue weighted by Gasteiger charge is 2.06. The van der Waals surface area contributed by atoms with Gasteiger partial charge in [0.1, 0.15) is 6.26 Å². The van der Waals surface area contributed by atoms with E-state index < -0.39 is 11.6 Å². The van der Waals surface area contributed by atoms with Gasteiger partial charge in [-0.25, -0.2) is 9.59 Å². The van der Waals surface area contributed by atoms with Crippen molar-refractivity contribution in [3.05, 3.63) is 34.4 Å². The lowest BCUT2D eigenvalue weighted by Gasteiger charge is -2.00. The molecule has 0 atom stereocenters. The second-order valence-electron chi connectivity index (χ2n) is 2.48. The maximum atomic E-state index is 11.1. The first-order valence-electron chi connectivity index (χ1n) is 4.00. The molecule has 0 bridgehead atoms. The van der Waals surface area contributed by atoms with E-state index >= 15 is 0 Å². The maximum absolute atomic E-state index is 11.1. The van der Waals surface area contributed by atoms with Crippen LogP contribution >= 0.6 is 0 Å². The van der Waals surface area contributed by atoms with Gasteiger partial charge in [-0.15, -0.1) is 0 Å². The van der Waals surface area contributed by atoms with E-state index in [4.69, 9.17) is 4.74 Å². The summed E-state index contributed by atoms with van der Waals surface area (Å²) in [5.41, 5.74) is -0.222. The molecule has 0 saturated heterocycles. The van der Waals surface area contributed by atoms with Crippen molar-refractivity contribution >= 4 is 5.97 Å². The standard InChI is InChI=1S/C9H10O4/c1-2-5-12-9(11)7-3-4-8(10)13-6-7/h3-4,6H,2,5H2,1H3. The second-order valence-corrected chi connectivity index (χ2v) is 2.48. The Bertz CT molecular complexity index is 319. The summed E-state index contributed by atoms with van der Waals surface area (Å²) in [6.45, 7) is 2.27. The Kier molecular flexibility index (Phi) is 3.25. The van der Waals surface area contributed by atoms with Crippen molar-refractivity contribution in [3.8, 4) is 0 Å². The normalized spacial score (nSPS) is 9.62. The van der Waals surface area contributed by atoms with Crippen LogP contribution < -0.4 is 5.63 Å². The van der Waals surface area contributed by atoms with Crippen LogP contribution in [-0.4, -0.2) is 12.6 Å². The molecule has 1 aromatic heterocycles. The molecule has 0 aliphatic rings. The van der Waals surface area contributed by atoms with E-state index in [1.165, 1.54) is 12.1 Å². The molecule has 0 spiro atoms. The van der Waals surface area contributed by atoms with E-state index in [0.717, 1.165) is 12.7 Å². The van der Waals surface area contributed by atoms with Crippen LogP contribution in [0.5, 0.6) is 0 Å². The highest BCUT2D eigenvalue weighted by Crippen LogP contribution is 1.98. The highest BCUT2D eigenvalue weighted by atomic mass is 16.5. The lowest BCUT2D eigenvalue weighted by Crippen LogP contribution is -2.07. The lowest BCUT2D eigenvalue weighted by atomic mass is 10.3. The average molecular weight is 182 g/mol. The molecule has 1 rings (SSSR count). The third-order valence-electron chi connectivity index (χ3n) is 1.37. The Balaban J connectivity index is 2.66. The van der Waals surface area contributed by atoms with E-state index in [0.29, 0.717) is 6.61 Å². The molecule has 0 amide bonds. The summed E-state index contributed by atoms with van der Waals surface area (Å²) in [6.07, 6.45) is 1.86. The maximum Gasteiger partial charge on any atom is 0.341 e. The molecular formula is C9H10O4. The summed E-state index contributed by atoms with van der Waals surface area (Å²) in [4.78, 5) is 21.7. The number of carbonyl (C=O) groups is 1. The fourth-order valence-electron chi connectivity index (χ4n) is 0.752. The van der Waals surface area contributed by atoms with E-state index in [9.17, 15) is 9.59 Å².